The molecule has 1 amide bonds. The van der Waals surface area contributed by atoms with Crippen LogP contribution in [0.1, 0.15) is 23.1 Å². The fourth-order valence-corrected chi connectivity index (χ4v) is 3.52. The number of ether oxygens (including phenoxy) is 3. The van der Waals surface area contributed by atoms with Crippen LogP contribution in [0.2, 0.25) is 0 Å². The third-order valence-electron chi connectivity index (χ3n) is 5.21. The van der Waals surface area contributed by atoms with E-state index in [9.17, 15) is 4.79 Å². The van der Waals surface area contributed by atoms with Crippen LogP contribution in [0.4, 0.5) is 0 Å². The Morgan fingerprint density at radius 1 is 1.19 bits per heavy atom. The van der Waals surface area contributed by atoms with E-state index in [1.807, 2.05) is 56.3 Å². The molecule has 3 aromatic rings. The molecule has 0 aliphatic carbocycles. The van der Waals surface area contributed by atoms with Crippen molar-refractivity contribution in [1.29, 1.82) is 0 Å². The number of hydrogen-bond acceptors (Lipinski definition) is 7. The number of carbonyl (C=O) groups excluding carboxylic acids is 1. The van der Waals surface area contributed by atoms with Crippen LogP contribution < -0.4 is 9.47 Å². The summed E-state index contributed by atoms with van der Waals surface area (Å²) in [5.41, 5.74) is 2.78. The number of amides is 1. The van der Waals surface area contributed by atoms with Crippen LogP contribution >= 0.6 is 0 Å². The fourth-order valence-electron chi connectivity index (χ4n) is 3.52. The highest BCUT2D eigenvalue weighted by Gasteiger charge is 2.30. The lowest BCUT2D eigenvalue weighted by atomic mass is 10.1. The van der Waals surface area contributed by atoms with Gasteiger partial charge in [0.15, 0.2) is 12.7 Å². The highest BCUT2D eigenvalue weighted by molar-refractivity contribution is 5.78. The van der Waals surface area contributed by atoms with Gasteiger partial charge in [-0.1, -0.05) is 35.5 Å². The molecule has 0 bridgehead atoms. The largest absolute Gasteiger partial charge is 0.497 e. The van der Waals surface area contributed by atoms with Crippen molar-refractivity contribution in [2.75, 3.05) is 33.4 Å². The molecule has 2 aromatic carbocycles. The zero-order valence-corrected chi connectivity index (χ0v) is 17.8. The first-order valence-corrected chi connectivity index (χ1v) is 10.1. The van der Waals surface area contributed by atoms with E-state index in [1.165, 1.54) is 0 Å². The zero-order chi connectivity index (χ0) is 21.8. The number of rotatable bonds is 6. The van der Waals surface area contributed by atoms with Crippen LogP contribution in [0.15, 0.2) is 47.0 Å². The summed E-state index contributed by atoms with van der Waals surface area (Å²) in [5, 5.41) is 4.05. The molecule has 31 heavy (non-hydrogen) atoms. The zero-order valence-electron chi connectivity index (χ0n) is 17.8. The van der Waals surface area contributed by atoms with Crippen LogP contribution in [0.25, 0.3) is 11.4 Å². The molecule has 0 unspecified atom stereocenters. The molecule has 1 aromatic heterocycles. The molecule has 8 heteroatoms. The van der Waals surface area contributed by atoms with Crippen LogP contribution in [-0.2, 0) is 9.53 Å². The Kier molecular flexibility index (Phi) is 6.18. The molecule has 0 saturated carbocycles. The number of methoxy groups -OCH3 is 1. The second-order valence-electron chi connectivity index (χ2n) is 7.40. The first kappa shape index (κ1) is 20.9. The van der Waals surface area contributed by atoms with Crippen LogP contribution in [0.3, 0.4) is 0 Å². The highest BCUT2D eigenvalue weighted by Crippen LogP contribution is 2.26. The standard InChI is InChI=1S/C23H25N3O5/c1-15-6-4-7-16(2)21(15)30-14-20(27)26-10-11-29-19(13-26)23-24-22(25-31-23)17-8-5-9-18(12-17)28-3/h4-9,12,19H,10-11,13-14H2,1-3H3/t19-/m1/s1. The minimum Gasteiger partial charge on any atom is -0.497 e. The first-order chi connectivity index (χ1) is 15.0. The minimum absolute atomic E-state index is 0.0304. The molecule has 162 valence electrons. The monoisotopic (exact) mass is 423 g/mol. The summed E-state index contributed by atoms with van der Waals surface area (Å²) in [4.78, 5) is 18.9. The van der Waals surface area contributed by atoms with Gasteiger partial charge in [-0.05, 0) is 37.1 Å². The minimum atomic E-state index is -0.482. The molecular formula is C23H25N3O5. The van der Waals surface area contributed by atoms with Crippen molar-refractivity contribution in [3.05, 3.63) is 59.5 Å². The molecule has 8 nitrogen and oxygen atoms in total. The van der Waals surface area contributed by atoms with E-state index in [0.29, 0.717) is 37.2 Å². The third kappa shape index (κ3) is 4.69. The first-order valence-electron chi connectivity index (χ1n) is 10.1. The number of aryl methyl sites for hydroxylation is 2. The molecule has 1 atom stereocenters. The van der Waals surface area contributed by atoms with Crippen molar-refractivity contribution in [2.24, 2.45) is 0 Å². The molecule has 1 aliphatic heterocycles. The maximum atomic E-state index is 12.7. The van der Waals surface area contributed by atoms with Gasteiger partial charge in [-0.3, -0.25) is 4.79 Å². The van der Waals surface area contributed by atoms with Gasteiger partial charge in [0.2, 0.25) is 5.82 Å². The van der Waals surface area contributed by atoms with E-state index in [0.717, 1.165) is 22.4 Å². The lowest BCUT2D eigenvalue weighted by Crippen LogP contribution is -2.44. The van der Waals surface area contributed by atoms with Crippen molar-refractivity contribution in [1.82, 2.24) is 15.0 Å². The normalized spacial score (nSPS) is 16.2. The molecule has 2 heterocycles. The molecule has 4 rings (SSSR count). The molecule has 0 spiro atoms. The summed E-state index contributed by atoms with van der Waals surface area (Å²) in [6, 6.07) is 13.3. The molecule has 1 fully saturated rings. The number of morpholine rings is 1. The number of nitrogens with zero attached hydrogens (tertiary/aromatic N) is 3. The molecular weight excluding hydrogens is 398 g/mol. The maximum Gasteiger partial charge on any atom is 0.260 e. The fraction of sp³-hybridized carbons (Fsp3) is 0.348. The molecule has 1 aliphatic rings. The molecule has 0 radical (unpaired) electrons. The summed E-state index contributed by atoms with van der Waals surface area (Å²) in [5.74, 6) is 2.13. The smallest absolute Gasteiger partial charge is 0.260 e. The average Bonchev–Trinajstić information content (AvgIpc) is 3.29. The van der Waals surface area contributed by atoms with E-state index in [2.05, 4.69) is 10.1 Å². The predicted molar refractivity (Wildman–Crippen MR) is 113 cm³/mol. The second-order valence-corrected chi connectivity index (χ2v) is 7.40. The SMILES string of the molecule is COc1cccc(-c2noc([C@H]3CN(C(=O)COc4c(C)cccc4C)CCO3)n2)c1. The van der Waals surface area contributed by atoms with Crippen molar-refractivity contribution in [3.63, 3.8) is 0 Å². The van der Waals surface area contributed by atoms with Crippen molar-refractivity contribution in [2.45, 2.75) is 20.0 Å². The van der Waals surface area contributed by atoms with Crippen LogP contribution in [0, 0.1) is 13.8 Å². The average molecular weight is 423 g/mol. The topological polar surface area (TPSA) is 86.9 Å². The third-order valence-corrected chi connectivity index (χ3v) is 5.21. The second kappa shape index (κ2) is 9.18. The number of benzene rings is 2. The van der Waals surface area contributed by atoms with Gasteiger partial charge in [0.05, 0.1) is 20.3 Å². The van der Waals surface area contributed by atoms with Gasteiger partial charge in [0.25, 0.3) is 11.8 Å². The van der Waals surface area contributed by atoms with Crippen molar-refractivity contribution in [3.8, 4) is 22.9 Å². The van der Waals surface area contributed by atoms with Crippen LogP contribution in [0.5, 0.6) is 11.5 Å². The van der Waals surface area contributed by atoms with Gasteiger partial charge in [-0.15, -0.1) is 0 Å². The molecule has 1 saturated heterocycles. The number of para-hydroxylation sites is 1. The quantitative estimate of drug-likeness (QED) is 0.601. The van der Waals surface area contributed by atoms with Gasteiger partial charge in [0, 0.05) is 12.1 Å². The predicted octanol–water partition coefficient (Wildman–Crippen LogP) is 3.34. The van der Waals surface area contributed by atoms with Crippen molar-refractivity contribution < 1.29 is 23.5 Å². The van der Waals surface area contributed by atoms with Crippen LogP contribution in [-0.4, -0.2) is 54.4 Å². The van der Waals surface area contributed by atoms with Gasteiger partial charge >= 0.3 is 0 Å². The van der Waals surface area contributed by atoms with E-state index in [4.69, 9.17) is 18.7 Å². The lowest BCUT2D eigenvalue weighted by Gasteiger charge is -2.31. The highest BCUT2D eigenvalue weighted by atomic mass is 16.5. The Labute approximate surface area is 180 Å². The Balaban J connectivity index is 1.40. The Hall–Kier alpha value is -3.39. The lowest BCUT2D eigenvalue weighted by molar-refractivity contribution is -0.142. The summed E-state index contributed by atoms with van der Waals surface area (Å²) >= 11 is 0. The van der Waals surface area contributed by atoms with E-state index in [-0.39, 0.29) is 12.5 Å². The summed E-state index contributed by atoms with van der Waals surface area (Å²) in [6.45, 7) is 5.10. The van der Waals surface area contributed by atoms with Crippen molar-refractivity contribution >= 4 is 5.91 Å². The molecule has 0 N–H and O–H groups in total. The summed E-state index contributed by atoms with van der Waals surface area (Å²) in [6.07, 6.45) is -0.482. The van der Waals surface area contributed by atoms with E-state index in [1.54, 1.807) is 12.0 Å². The number of carbonyl (C=O) groups is 1. The number of aromatic nitrogens is 2. The van der Waals surface area contributed by atoms with Gasteiger partial charge in [-0.2, -0.15) is 4.98 Å². The number of hydrogen-bond donors (Lipinski definition) is 0. The summed E-state index contributed by atoms with van der Waals surface area (Å²) in [7, 11) is 1.60. The Bertz CT molecular complexity index is 1040. The van der Waals surface area contributed by atoms with Gasteiger partial charge in [-0.25, -0.2) is 0 Å². The maximum absolute atomic E-state index is 12.7. The van der Waals surface area contributed by atoms with E-state index < -0.39 is 6.10 Å². The van der Waals surface area contributed by atoms with Gasteiger partial charge in [0.1, 0.15) is 11.5 Å². The van der Waals surface area contributed by atoms with Gasteiger partial charge < -0.3 is 23.6 Å². The van der Waals surface area contributed by atoms with E-state index >= 15 is 0 Å². The Morgan fingerprint density at radius 2 is 1.97 bits per heavy atom. The Morgan fingerprint density at radius 3 is 2.74 bits per heavy atom. The summed E-state index contributed by atoms with van der Waals surface area (Å²) < 4.78 is 22.3.